The molecule has 2 aromatic rings. The summed E-state index contributed by atoms with van der Waals surface area (Å²) in [7, 11) is 0. The number of benzene rings is 1. The Labute approximate surface area is 152 Å². The molecule has 0 radical (unpaired) electrons. The number of likely N-dealkylation sites (tertiary alicyclic amines) is 1. The van der Waals surface area contributed by atoms with E-state index in [9.17, 15) is 9.59 Å². The number of aromatic nitrogens is 1. The Morgan fingerprint density at radius 1 is 1.48 bits per heavy atom. The number of nitrogens with zero attached hydrogens (tertiary/aromatic N) is 2. The summed E-state index contributed by atoms with van der Waals surface area (Å²) in [5.74, 6) is 0.163. The van der Waals surface area contributed by atoms with Crippen LogP contribution in [0.4, 0.5) is 16.2 Å². The molecule has 4 rings (SSSR count). The second-order valence-electron chi connectivity index (χ2n) is 5.82. The van der Waals surface area contributed by atoms with Gasteiger partial charge in [0.15, 0.2) is 12.4 Å². The highest BCUT2D eigenvalue weighted by Gasteiger charge is 2.32. The van der Waals surface area contributed by atoms with Gasteiger partial charge in [0.1, 0.15) is 5.01 Å². The number of fused-ring (bicyclic) bond motifs is 1. The van der Waals surface area contributed by atoms with Gasteiger partial charge in [-0.3, -0.25) is 4.79 Å². The zero-order chi connectivity index (χ0) is 17.4. The summed E-state index contributed by atoms with van der Waals surface area (Å²) < 4.78 is 5.32. The topological polar surface area (TPSA) is 83.6 Å². The lowest BCUT2D eigenvalue weighted by Crippen LogP contribution is -2.34. The highest BCUT2D eigenvalue weighted by atomic mass is 35.5. The van der Waals surface area contributed by atoms with E-state index in [-0.39, 0.29) is 24.6 Å². The fourth-order valence-electron chi connectivity index (χ4n) is 3.09. The van der Waals surface area contributed by atoms with Gasteiger partial charge in [0.2, 0.25) is 0 Å². The van der Waals surface area contributed by atoms with Crippen LogP contribution >= 0.6 is 22.9 Å². The van der Waals surface area contributed by atoms with Crippen LogP contribution in [-0.4, -0.2) is 35.0 Å². The summed E-state index contributed by atoms with van der Waals surface area (Å²) in [6.45, 7) is 0.607. The summed E-state index contributed by atoms with van der Waals surface area (Å²) in [6, 6.07) is 3.04. The molecule has 0 saturated carbocycles. The predicted octanol–water partition coefficient (Wildman–Crippen LogP) is 3.50. The number of carbonyl (C=O) groups excluding carboxylic acids is 2. The van der Waals surface area contributed by atoms with Crippen LogP contribution in [0, 0.1) is 0 Å². The van der Waals surface area contributed by atoms with Crippen molar-refractivity contribution >= 4 is 46.3 Å². The Hall–Kier alpha value is -2.32. The van der Waals surface area contributed by atoms with E-state index in [1.807, 2.05) is 5.38 Å². The molecule has 1 aromatic carbocycles. The number of rotatable bonds is 2. The van der Waals surface area contributed by atoms with Gasteiger partial charge in [0, 0.05) is 23.8 Å². The summed E-state index contributed by atoms with van der Waals surface area (Å²) in [4.78, 5) is 30.3. The van der Waals surface area contributed by atoms with Crippen molar-refractivity contribution in [2.75, 3.05) is 23.8 Å². The van der Waals surface area contributed by atoms with Crippen LogP contribution in [0.3, 0.4) is 0 Å². The maximum absolute atomic E-state index is 12.7. The largest absolute Gasteiger partial charge is 0.480 e. The minimum absolute atomic E-state index is 0.00358. The van der Waals surface area contributed by atoms with E-state index in [0.29, 0.717) is 28.7 Å². The maximum Gasteiger partial charge on any atom is 0.322 e. The molecule has 0 bridgehead atoms. The molecule has 1 fully saturated rings. The number of urea groups is 1. The first-order valence-corrected chi connectivity index (χ1v) is 9.11. The van der Waals surface area contributed by atoms with E-state index in [2.05, 4.69) is 15.6 Å². The van der Waals surface area contributed by atoms with Gasteiger partial charge in [0.05, 0.1) is 16.8 Å². The van der Waals surface area contributed by atoms with Gasteiger partial charge in [-0.2, -0.15) is 0 Å². The SMILES string of the molecule is O=C1COc2c(Cl)cc(NC(=O)N3CCCC3c3nccs3)cc2N1. The molecule has 7 nitrogen and oxygen atoms in total. The maximum atomic E-state index is 12.7. The van der Waals surface area contributed by atoms with Crippen LogP contribution in [-0.2, 0) is 4.79 Å². The van der Waals surface area contributed by atoms with Gasteiger partial charge in [-0.1, -0.05) is 11.6 Å². The number of hydrogen-bond donors (Lipinski definition) is 2. The van der Waals surface area contributed by atoms with Gasteiger partial charge >= 0.3 is 6.03 Å². The van der Waals surface area contributed by atoms with E-state index in [4.69, 9.17) is 16.3 Å². The first-order valence-electron chi connectivity index (χ1n) is 7.85. The third-order valence-corrected chi connectivity index (χ3v) is 5.32. The fraction of sp³-hybridized carbons (Fsp3) is 0.312. The molecule has 25 heavy (non-hydrogen) atoms. The first kappa shape index (κ1) is 16.2. The molecule has 0 aliphatic carbocycles. The molecule has 1 aromatic heterocycles. The highest BCUT2D eigenvalue weighted by molar-refractivity contribution is 7.09. The average Bonchev–Trinajstić information content (AvgIpc) is 3.25. The number of amides is 3. The molecule has 3 heterocycles. The number of thiazole rings is 1. The van der Waals surface area contributed by atoms with Crippen molar-refractivity contribution < 1.29 is 14.3 Å². The van der Waals surface area contributed by atoms with Gasteiger partial charge in [0.25, 0.3) is 5.91 Å². The average molecular weight is 379 g/mol. The number of anilines is 2. The predicted molar refractivity (Wildman–Crippen MR) is 95.4 cm³/mol. The van der Waals surface area contributed by atoms with Crippen LogP contribution in [0.1, 0.15) is 23.9 Å². The third-order valence-electron chi connectivity index (χ3n) is 4.17. The van der Waals surface area contributed by atoms with Crippen molar-refractivity contribution in [1.29, 1.82) is 0 Å². The normalized spacial score (nSPS) is 19.2. The Morgan fingerprint density at radius 2 is 2.36 bits per heavy atom. The van der Waals surface area contributed by atoms with Gasteiger partial charge in [-0.05, 0) is 25.0 Å². The number of halogens is 1. The smallest absolute Gasteiger partial charge is 0.322 e. The van der Waals surface area contributed by atoms with Gasteiger partial charge in [-0.15, -0.1) is 11.3 Å². The van der Waals surface area contributed by atoms with Crippen molar-refractivity contribution in [2.45, 2.75) is 18.9 Å². The van der Waals surface area contributed by atoms with Crippen molar-refractivity contribution in [3.05, 3.63) is 33.7 Å². The van der Waals surface area contributed by atoms with Gasteiger partial charge in [-0.25, -0.2) is 9.78 Å². The molecule has 1 atom stereocenters. The van der Waals surface area contributed by atoms with Crippen LogP contribution in [0.15, 0.2) is 23.7 Å². The zero-order valence-electron chi connectivity index (χ0n) is 13.1. The molecule has 130 valence electrons. The van der Waals surface area contributed by atoms with E-state index in [1.165, 1.54) is 0 Å². The molecule has 3 amide bonds. The second-order valence-corrected chi connectivity index (χ2v) is 7.16. The molecule has 0 spiro atoms. The number of nitrogens with one attached hydrogen (secondary N) is 2. The molecule has 1 unspecified atom stereocenters. The lowest BCUT2D eigenvalue weighted by atomic mass is 10.2. The Bertz CT molecular complexity index is 827. The van der Waals surface area contributed by atoms with Crippen LogP contribution in [0.2, 0.25) is 5.02 Å². The highest BCUT2D eigenvalue weighted by Crippen LogP contribution is 2.39. The molecule has 9 heteroatoms. The Kier molecular flexibility index (Phi) is 4.22. The Morgan fingerprint density at radius 3 is 3.16 bits per heavy atom. The second kappa shape index (κ2) is 6.53. The summed E-state index contributed by atoms with van der Waals surface area (Å²) in [6.07, 6.45) is 3.59. The Balaban J connectivity index is 1.54. The van der Waals surface area contributed by atoms with E-state index >= 15 is 0 Å². The number of ether oxygens (including phenoxy) is 1. The minimum Gasteiger partial charge on any atom is -0.480 e. The van der Waals surface area contributed by atoms with E-state index < -0.39 is 0 Å². The molecule has 2 aliphatic heterocycles. The van der Waals surface area contributed by atoms with Gasteiger partial charge < -0.3 is 20.3 Å². The summed E-state index contributed by atoms with van der Waals surface area (Å²) in [5, 5.41) is 8.74. The van der Waals surface area contributed by atoms with E-state index in [0.717, 1.165) is 17.8 Å². The lowest BCUT2D eigenvalue weighted by Gasteiger charge is -2.24. The standard InChI is InChI=1S/C16H15ClN4O3S/c17-10-6-9(7-11-14(10)24-8-13(22)20-11)19-16(23)21-4-1-2-12(21)15-18-3-5-25-15/h3,5-7,12H,1-2,4,8H2,(H,19,23)(H,20,22). The number of carbonyl (C=O) groups is 2. The molecular weight excluding hydrogens is 364 g/mol. The monoisotopic (exact) mass is 378 g/mol. The van der Waals surface area contributed by atoms with E-state index in [1.54, 1.807) is 34.6 Å². The molecule has 2 N–H and O–H groups in total. The fourth-order valence-corrected chi connectivity index (χ4v) is 4.15. The summed E-state index contributed by atoms with van der Waals surface area (Å²) in [5.41, 5.74) is 0.960. The summed E-state index contributed by atoms with van der Waals surface area (Å²) >= 11 is 7.75. The molecule has 2 aliphatic rings. The third kappa shape index (κ3) is 3.14. The van der Waals surface area contributed by atoms with Crippen molar-refractivity contribution in [3.8, 4) is 5.75 Å². The number of hydrogen-bond acceptors (Lipinski definition) is 5. The lowest BCUT2D eigenvalue weighted by molar-refractivity contribution is -0.118. The molecular formula is C16H15ClN4O3S. The van der Waals surface area contributed by atoms with Crippen LogP contribution in [0.5, 0.6) is 5.75 Å². The molecule has 1 saturated heterocycles. The first-order chi connectivity index (χ1) is 12.1. The van der Waals surface area contributed by atoms with Crippen molar-refractivity contribution in [1.82, 2.24) is 9.88 Å². The van der Waals surface area contributed by atoms with Crippen molar-refractivity contribution in [2.24, 2.45) is 0 Å². The quantitative estimate of drug-likeness (QED) is 0.837. The zero-order valence-corrected chi connectivity index (χ0v) is 14.7. The van der Waals surface area contributed by atoms with Crippen molar-refractivity contribution in [3.63, 3.8) is 0 Å². The van der Waals surface area contributed by atoms with Crippen LogP contribution < -0.4 is 15.4 Å². The van der Waals surface area contributed by atoms with Crippen LogP contribution in [0.25, 0.3) is 0 Å². The minimum atomic E-state index is -0.254.